The molecule has 14 atom stereocenters. The van der Waals surface area contributed by atoms with Crippen molar-refractivity contribution in [3.05, 3.63) is 35.9 Å². The van der Waals surface area contributed by atoms with E-state index in [9.17, 15) is 14.7 Å². The first-order valence-electron chi connectivity index (χ1n) is 24.7. The van der Waals surface area contributed by atoms with E-state index in [-0.39, 0.29) is 53.8 Å². The molecular formula is C51H81NO9. The summed E-state index contributed by atoms with van der Waals surface area (Å²) in [6.07, 6.45) is 19.9. The maximum Gasteiger partial charge on any atom is 0.338 e. The van der Waals surface area contributed by atoms with Gasteiger partial charge in [-0.15, -0.1) is 0 Å². The summed E-state index contributed by atoms with van der Waals surface area (Å²) < 4.78 is 39.6. The van der Waals surface area contributed by atoms with E-state index in [1.54, 1.807) is 33.5 Å². The summed E-state index contributed by atoms with van der Waals surface area (Å²) in [4.78, 5) is 31.2. The number of hydrogen-bond donors (Lipinski definition) is 1. The van der Waals surface area contributed by atoms with Crippen molar-refractivity contribution >= 4 is 11.9 Å². The minimum Gasteiger partial charge on any atom is -0.458 e. The molecule has 1 N–H and O–H groups in total. The van der Waals surface area contributed by atoms with Crippen LogP contribution in [0.15, 0.2) is 30.3 Å². The molecule has 0 amide bonds. The van der Waals surface area contributed by atoms with Gasteiger partial charge in [0, 0.05) is 81.9 Å². The second-order valence-corrected chi connectivity index (χ2v) is 20.1. The van der Waals surface area contributed by atoms with Gasteiger partial charge in [-0.2, -0.15) is 0 Å². The second-order valence-electron chi connectivity index (χ2n) is 20.1. The molecule has 7 bridgehead atoms. The van der Waals surface area contributed by atoms with Crippen LogP contribution in [0.1, 0.15) is 153 Å². The van der Waals surface area contributed by atoms with Gasteiger partial charge in [0.15, 0.2) is 5.60 Å². The molecule has 5 aliphatic carbocycles. The molecule has 5 saturated carbocycles. The predicted octanol–water partition coefficient (Wildman–Crippen LogP) is 9.19. The van der Waals surface area contributed by atoms with Gasteiger partial charge in [-0.25, -0.2) is 4.79 Å². The Kier molecular flexibility index (Phi) is 16.0. The third kappa shape index (κ3) is 8.28. The number of aliphatic hydroxyl groups excluding tert-OH is 1. The van der Waals surface area contributed by atoms with Gasteiger partial charge in [-0.3, -0.25) is 9.69 Å². The lowest BCUT2D eigenvalue weighted by atomic mass is 9.43. The van der Waals surface area contributed by atoms with E-state index in [2.05, 4.69) is 18.7 Å². The number of esters is 2. The topological polar surface area (TPSA) is 113 Å². The number of rotatable bonds is 26. The molecule has 1 spiro atoms. The maximum atomic E-state index is 14.6. The summed E-state index contributed by atoms with van der Waals surface area (Å²) in [6.45, 7) is 6.69. The van der Waals surface area contributed by atoms with Crippen LogP contribution in [0.2, 0.25) is 0 Å². The van der Waals surface area contributed by atoms with Gasteiger partial charge in [0.25, 0.3) is 0 Å². The molecule has 1 aliphatic heterocycles. The van der Waals surface area contributed by atoms with Crippen LogP contribution in [0.25, 0.3) is 0 Å². The van der Waals surface area contributed by atoms with E-state index in [0.29, 0.717) is 18.6 Å². The molecule has 1 aromatic carbocycles. The molecule has 7 rings (SSSR count). The number of ether oxygens (including phenoxy) is 6. The van der Waals surface area contributed by atoms with Gasteiger partial charge in [0.05, 0.1) is 30.5 Å². The molecule has 1 saturated heterocycles. The van der Waals surface area contributed by atoms with Crippen LogP contribution in [0.4, 0.5) is 0 Å². The quantitative estimate of drug-likeness (QED) is 0.0716. The van der Waals surface area contributed by atoms with Crippen LogP contribution in [0, 0.1) is 40.4 Å². The number of carbonyl (C=O) groups excluding carboxylic acids is 2. The Bertz CT molecular complexity index is 1560. The standard InChI is InChI=1S/C51H81NO9/c1-7-9-10-11-12-13-14-15-16-17-18-19-20-21-22-26-29-39(53)61-51-40-37(32-36(43(58-5)47(51)54)42(40)60-48(55)35-27-24-23-25-28-35)50-38(57-4)30-31-49(34-56-3)33-52(8-2)46(50)41(51)44(59-6)45(49)50/h23-25,27-28,36-38,40-47,54H,7-22,26,29-34H2,1-6H3/t36-,37+,38?,40+,41-,42-,43+,44-,45+,46+,47-,49-,50-,51+/m0/s1. The van der Waals surface area contributed by atoms with Crippen molar-refractivity contribution in [3.63, 3.8) is 0 Å². The van der Waals surface area contributed by atoms with Gasteiger partial charge < -0.3 is 33.5 Å². The fourth-order valence-corrected chi connectivity index (χ4v) is 15.2. The molecule has 344 valence electrons. The SMILES string of the molecule is CCCCCCCCCCCCCCCCCCC(=O)O[C@]12[C@H]3[C@@H](OC(=O)c4ccccc4)[C@H](C[C@H]3[C@@]34C(OC)CC[C@@]5(COC)CN(CC)[C@@H]3[C@@H]1[C@H](OC)[C@H]54)[C@@H](OC)[C@@H]2O. The second kappa shape index (κ2) is 20.8. The lowest BCUT2D eigenvalue weighted by Crippen LogP contribution is -2.79. The fourth-order valence-electron chi connectivity index (χ4n) is 15.2. The third-order valence-corrected chi connectivity index (χ3v) is 17.2. The number of benzene rings is 1. The fraction of sp³-hybridized carbons (Fsp3) is 0.843. The zero-order valence-corrected chi connectivity index (χ0v) is 38.7. The molecule has 1 aromatic rings. The molecule has 0 aromatic heterocycles. The minimum atomic E-state index is -1.42. The van der Waals surface area contributed by atoms with Crippen molar-refractivity contribution in [2.45, 2.75) is 184 Å². The van der Waals surface area contributed by atoms with E-state index < -0.39 is 47.1 Å². The van der Waals surface area contributed by atoms with Gasteiger partial charge >= 0.3 is 11.9 Å². The van der Waals surface area contributed by atoms with Crippen LogP contribution < -0.4 is 0 Å². The van der Waals surface area contributed by atoms with Crippen LogP contribution in [0.3, 0.4) is 0 Å². The number of nitrogens with zero attached hydrogens (tertiary/aromatic N) is 1. The van der Waals surface area contributed by atoms with E-state index in [1.165, 1.54) is 83.5 Å². The van der Waals surface area contributed by atoms with E-state index in [0.717, 1.165) is 45.2 Å². The molecule has 1 unspecified atom stereocenters. The van der Waals surface area contributed by atoms with E-state index in [4.69, 9.17) is 28.4 Å². The van der Waals surface area contributed by atoms with E-state index >= 15 is 0 Å². The Morgan fingerprint density at radius 3 is 1.92 bits per heavy atom. The van der Waals surface area contributed by atoms with Crippen molar-refractivity contribution in [2.75, 3.05) is 48.1 Å². The molecular weight excluding hydrogens is 771 g/mol. The first-order chi connectivity index (χ1) is 29.7. The number of aliphatic hydroxyl groups is 1. The largest absolute Gasteiger partial charge is 0.458 e. The van der Waals surface area contributed by atoms with Crippen LogP contribution in [-0.4, -0.2) is 112 Å². The number of piperidine rings is 1. The van der Waals surface area contributed by atoms with Crippen molar-refractivity contribution < 1.29 is 43.1 Å². The maximum absolute atomic E-state index is 14.6. The Morgan fingerprint density at radius 2 is 1.36 bits per heavy atom. The Morgan fingerprint density at radius 1 is 0.754 bits per heavy atom. The van der Waals surface area contributed by atoms with Crippen molar-refractivity contribution in [1.29, 1.82) is 0 Å². The molecule has 0 radical (unpaired) electrons. The number of unbranched alkanes of at least 4 members (excludes halogenated alkanes) is 15. The smallest absolute Gasteiger partial charge is 0.338 e. The highest BCUT2D eigenvalue weighted by molar-refractivity contribution is 5.89. The Balaban J connectivity index is 1.11. The van der Waals surface area contributed by atoms with Gasteiger partial charge in [0.2, 0.25) is 0 Å². The number of fused-ring (bicyclic) bond motifs is 2. The summed E-state index contributed by atoms with van der Waals surface area (Å²) in [6, 6.07) is 9.03. The zero-order valence-electron chi connectivity index (χ0n) is 38.7. The van der Waals surface area contributed by atoms with Crippen LogP contribution >= 0.6 is 0 Å². The monoisotopic (exact) mass is 852 g/mol. The normalized spacial score (nSPS) is 38.1. The van der Waals surface area contributed by atoms with Gasteiger partial charge in [0.1, 0.15) is 12.2 Å². The van der Waals surface area contributed by atoms with Crippen molar-refractivity contribution in [3.8, 4) is 0 Å². The Labute approximate surface area is 367 Å². The average molecular weight is 852 g/mol. The molecule has 10 heteroatoms. The van der Waals surface area contributed by atoms with Crippen molar-refractivity contribution in [1.82, 2.24) is 4.90 Å². The van der Waals surface area contributed by atoms with Crippen LogP contribution in [-0.2, 0) is 33.2 Å². The van der Waals surface area contributed by atoms with Gasteiger partial charge in [-0.05, 0) is 50.3 Å². The Hall–Kier alpha value is -2.08. The van der Waals surface area contributed by atoms with Crippen molar-refractivity contribution in [2.24, 2.45) is 40.4 Å². The summed E-state index contributed by atoms with van der Waals surface area (Å²) >= 11 is 0. The summed E-state index contributed by atoms with van der Waals surface area (Å²) in [5, 5.41) is 13.0. The molecule has 10 nitrogen and oxygen atoms in total. The first kappa shape index (κ1) is 46.9. The average Bonchev–Trinajstić information content (AvgIpc) is 3.70. The summed E-state index contributed by atoms with van der Waals surface area (Å²) in [5.41, 5.74) is -1.61. The summed E-state index contributed by atoms with van der Waals surface area (Å²) in [7, 11) is 7.04. The molecule has 61 heavy (non-hydrogen) atoms. The first-order valence-corrected chi connectivity index (χ1v) is 24.7. The number of carbonyl (C=O) groups is 2. The summed E-state index contributed by atoms with van der Waals surface area (Å²) in [5.74, 6) is -1.99. The lowest BCUT2D eigenvalue weighted by Gasteiger charge is -2.69. The lowest BCUT2D eigenvalue weighted by molar-refractivity contribution is -0.304. The highest BCUT2D eigenvalue weighted by Crippen LogP contribution is 2.80. The number of likely N-dealkylation sites (tertiary alicyclic amines) is 1. The zero-order chi connectivity index (χ0) is 43.2. The molecule has 6 fully saturated rings. The van der Waals surface area contributed by atoms with E-state index in [1.807, 2.05) is 25.3 Å². The number of hydrogen-bond acceptors (Lipinski definition) is 10. The van der Waals surface area contributed by atoms with Gasteiger partial charge in [-0.1, -0.05) is 128 Å². The third-order valence-electron chi connectivity index (χ3n) is 17.2. The molecule has 6 aliphatic rings. The number of methoxy groups -OCH3 is 4. The minimum absolute atomic E-state index is 0.0189. The molecule has 1 heterocycles. The highest BCUT2D eigenvalue weighted by atomic mass is 16.6. The predicted molar refractivity (Wildman–Crippen MR) is 236 cm³/mol. The van der Waals surface area contributed by atoms with Crippen LogP contribution in [0.5, 0.6) is 0 Å². The highest BCUT2D eigenvalue weighted by Gasteiger charge is 2.89.